The lowest BCUT2D eigenvalue weighted by Gasteiger charge is -2.30. The van der Waals surface area contributed by atoms with Gasteiger partial charge in [-0.3, -0.25) is 14.5 Å². The molecule has 1 saturated heterocycles. The van der Waals surface area contributed by atoms with Crippen LogP contribution < -0.4 is 10.6 Å². The van der Waals surface area contributed by atoms with Crippen molar-refractivity contribution in [1.29, 1.82) is 0 Å². The van der Waals surface area contributed by atoms with E-state index in [9.17, 15) is 28.4 Å². The smallest absolute Gasteiger partial charge is 0.410 e. The number of hydrogen-bond donors (Lipinski definition) is 2. The van der Waals surface area contributed by atoms with Gasteiger partial charge in [0.05, 0.1) is 20.2 Å². The summed E-state index contributed by atoms with van der Waals surface area (Å²) in [5.74, 6) is -2.35. The number of methoxy groups -OCH3 is 1. The van der Waals surface area contributed by atoms with E-state index in [4.69, 9.17) is 14.2 Å². The van der Waals surface area contributed by atoms with Crippen LogP contribution in [0.15, 0.2) is 30.4 Å². The Morgan fingerprint density at radius 1 is 1.11 bits per heavy atom. The van der Waals surface area contributed by atoms with Gasteiger partial charge in [-0.15, -0.1) is 0 Å². The highest BCUT2D eigenvalue weighted by Gasteiger charge is 2.62. The van der Waals surface area contributed by atoms with Crippen LogP contribution in [0.2, 0.25) is 0 Å². The van der Waals surface area contributed by atoms with Crippen molar-refractivity contribution in [2.45, 2.75) is 108 Å². The minimum Gasteiger partial charge on any atom is -0.467 e. The Kier molecular flexibility index (Phi) is 9.59. The number of nitrogens with one attached hydrogen (secondary N) is 2. The SMILES string of the molecule is COC(=O)C12CC1C=CCCCCCC(NC(=O)OC(C)(C)C)C(=O)N1CC(OC(=O)N3Cc4cccc(F)c4C3)CC1C(=O)N2. The fourth-order valence-electron chi connectivity index (χ4n) is 6.49. The molecule has 1 aliphatic carbocycles. The number of ether oxygens (including phenoxy) is 3. The van der Waals surface area contributed by atoms with Crippen molar-refractivity contribution in [2.24, 2.45) is 5.92 Å². The van der Waals surface area contributed by atoms with E-state index in [-0.39, 0.29) is 32.0 Å². The molecule has 5 rings (SSSR count). The van der Waals surface area contributed by atoms with Crippen molar-refractivity contribution in [1.82, 2.24) is 20.4 Å². The lowest BCUT2D eigenvalue weighted by atomic mass is 10.0. The highest BCUT2D eigenvalue weighted by molar-refractivity contribution is 5.96. The first-order chi connectivity index (χ1) is 21.8. The molecule has 2 fully saturated rings. The minimum atomic E-state index is -1.26. The van der Waals surface area contributed by atoms with Gasteiger partial charge in [-0.2, -0.15) is 0 Å². The Morgan fingerprint density at radius 2 is 1.89 bits per heavy atom. The Labute approximate surface area is 268 Å². The zero-order chi connectivity index (χ0) is 33.2. The summed E-state index contributed by atoms with van der Waals surface area (Å²) in [6.45, 7) is 5.25. The molecule has 3 heterocycles. The van der Waals surface area contributed by atoms with E-state index in [0.29, 0.717) is 30.4 Å². The number of carbonyl (C=O) groups is 5. The lowest BCUT2D eigenvalue weighted by Crippen LogP contribution is -2.56. The number of benzene rings is 1. The third-order valence-corrected chi connectivity index (χ3v) is 8.93. The number of amides is 4. The molecule has 12 nitrogen and oxygen atoms in total. The van der Waals surface area contributed by atoms with Gasteiger partial charge < -0.3 is 29.7 Å². The van der Waals surface area contributed by atoms with E-state index >= 15 is 0 Å². The monoisotopic (exact) mass is 642 g/mol. The number of nitrogens with zero attached hydrogens (tertiary/aromatic N) is 2. The van der Waals surface area contributed by atoms with E-state index in [1.807, 2.05) is 12.2 Å². The third-order valence-electron chi connectivity index (χ3n) is 8.93. The number of esters is 1. The quantitative estimate of drug-likeness (QED) is 0.289. The van der Waals surface area contributed by atoms with Crippen molar-refractivity contribution in [3.63, 3.8) is 0 Å². The van der Waals surface area contributed by atoms with E-state index in [1.54, 1.807) is 32.9 Å². The molecule has 4 amide bonds. The topological polar surface area (TPSA) is 144 Å². The van der Waals surface area contributed by atoms with Gasteiger partial charge in [-0.05, 0) is 58.1 Å². The van der Waals surface area contributed by atoms with Crippen molar-refractivity contribution in [3.05, 3.63) is 47.3 Å². The number of carbonyl (C=O) groups excluding carboxylic acids is 5. The normalized spacial score (nSPS) is 28.1. The third kappa shape index (κ3) is 7.28. The number of allylic oxidation sites excluding steroid dienone is 1. The van der Waals surface area contributed by atoms with Crippen LogP contribution in [0.3, 0.4) is 0 Å². The molecule has 46 heavy (non-hydrogen) atoms. The number of rotatable bonds is 3. The predicted molar refractivity (Wildman–Crippen MR) is 162 cm³/mol. The molecule has 0 aromatic heterocycles. The van der Waals surface area contributed by atoms with E-state index in [0.717, 1.165) is 19.3 Å². The Balaban J connectivity index is 1.38. The zero-order valence-corrected chi connectivity index (χ0v) is 26.8. The number of alkyl carbamates (subject to hydrolysis) is 1. The van der Waals surface area contributed by atoms with Crippen molar-refractivity contribution >= 4 is 30.0 Å². The molecular formula is C33H43FN4O8. The molecule has 1 aromatic carbocycles. The van der Waals surface area contributed by atoms with Gasteiger partial charge in [-0.1, -0.05) is 37.1 Å². The fourth-order valence-corrected chi connectivity index (χ4v) is 6.49. The van der Waals surface area contributed by atoms with Crippen molar-refractivity contribution in [3.8, 4) is 0 Å². The Morgan fingerprint density at radius 3 is 2.61 bits per heavy atom. The molecular weight excluding hydrogens is 599 g/mol. The molecule has 250 valence electrons. The maximum atomic E-state index is 14.3. The summed E-state index contributed by atoms with van der Waals surface area (Å²) >= 11 is 0. The van der Waals surface area contributed by atoms with Gasteiger partial charge in [0.25, 0.3) is 0 Å². The molecule has 5 atom stereocenters. The molecule has 0 bridgehead atoms. The van der Waals surface area contributed by atoms with Gasteiger partial charge in [0.15, 0.2) is 0 Å². The first kappa shape index (κ1) is 33.2. The second kappa shape index (κ2) is 13.3. The first-order valence-electron chi connectivity index (χ1n) is 15.9. The predicted octanol–water partition coefficient (Wildman–Crippen LogP) is 3.71. The summed E-state index contributed by atoms with van der Waals surface area (Å²) in [6, 6.07) is 2.57. The van der Waals surface area contributed by atoms with E-state index in [1.165, 1.54) is 23.0 Å². The molecule has 0 radical (unpaired) electrons. The zero-order valence-electron chi connectivity index (χ0n) is 26.8. The average molecular weight is 643 g/mol. The van der Waals surface area contributed by atoms with Crippen LogP contribution >= 0.6 is 0 Å². The number of halogens is 1. The standard InChI is InChI=1S/C33H43FN4O8/c1-32(2,3)46-30(42)35-25-14-9-7-5-6-8-12-21-16-33(21,29(41)44-4)36-27(39)26-15-22(18-38(26)28(25)40)45-31(43)37-17-20-11-10-13-24(34)23(20)19-37/h8,10-13,21-22,25-26H,5-7,9,14-19H2,1-4H3,(H,35,42)(H,36,39). The molecule has 0 spiro atoms. The van der Waals surface area contributed by atoms with Gasteiger partial charge in [0.1, 0.15) is 35.1 Å². The number of fused-ring (bicyclic) bond motifs is 3. The lowest BCUT2D eigenvalue weighted by molar-refractivity contribution is -0.148. The number of hydrogen-bond acceptors (Lipinski definition) is 8. The van der Waals surface area contributed by atoms with Crippen LogP contribution in [0.5, 0.6) is 0 Å². The summed E-state index contributed by atoms with van der Waals surface area (Å²) in [5, 5.41) is 5.54. The average Bonchev–Trinajstić information content (AvgIpc) is 3.29. The van der Waals surface area contributed by atoms with Gasteiger partial charge in [-0.25, -0.2) is 18.8 Å². The van der Waals surface area contributed by atoms with Gasteiger partial charge in [0, 0.05) is 24.4 Å². The molecule has 3 aliphatic heterocycles. The molecule has 4 aliphatic rings. The molecule has 2 N–H and O–H groups in total. The van der Waals surface area contributed by atoms with Gasteiger partial charge in [0.2, 0.25) is 11.8 Å². The van der Waals surface area contributed by atoms with Crippen LogP contribution in [0.1, 0.15) is 76.8 Å². The maximum absolute atomic E-state index is 14.3. The summed E-state index contributed by atoms with van der Waals surface area (Å²) in [5.41, 5.74) is -0.950. The van der Waals surface area contributed by atoms with Crippen LogP contribution in [0, 0.1) is 11.7 Å². The minimum absolute atomic E-state index is 0.0324. The maximum Gasteiger partial charge on any atom is 0.410 e. The van der Waals surface area contributed by atoms with Crippen LogP contribution in [-0.2, 0) is 41.7 Å². The van der Waals surface area contributed by atoms with Crippen LogP contribution in [-0.4, -0.2) is 82.8 Å². The second-order valence-corrected chi connectivity index (χ2v) is 13.5. The Bertz CT molecular complexity index is 1410. The molecule has 5 unspecified atom stereocenters. The summed E-state index contributed by atoms with van der Waals surface area (Å²) in [4.78, 5) is 69.6. The van der Waals surface area contributed by atoms with Gasteiger partial charge >= 0.3 is 18.2 Å². The van der Waals surface area contributed by atoms with Crippen molar-refractivity contribution in [2.75, 3.05) is 13.7 Å². The van der Waals surface area contributed by atoms with Crippen LogP contribution in [0.4, 0.5) is 14.0 Å². The molecule has 13 heteroatoms. The summed E-state index contributed by atoms with van der Waals surface area (Å²) in [7, 11) is 1.26. The Hall–Kier alpha value is -4.16. The summed E-state index contributed by atoms with van der Waals surface area (Å²) < 4.78 is 30.6. The highest BCUT2D eigenvalue weighted by atomic mass is 19.1. The second-order valence-electron chi connectivity index (χ2n) is 13.5. The molecule has 1 aromatic rings. The highest BCUT2D eigenvalue weighted by Crippen LogP contribution is 2.46. The van der Waals surface area contributed by atoms with E-state index < -0.39 is 65.1 Å². The first-order valence-corrected chi connectivity index (χ1v) is 15.9. The van der Waals surface area contributed by atoms with Crippen LogP contribution in [0.25, 0.3) is 0 Å². The largest absolute Gasteiger partial charge is 0.467 e. The molecule has 1 saturated carbocycles. The van der Waals surface area contributed by atoms with Crippen molar-refractivity contribution < 1.29 is 42.6 Å². The summed E-state index contributed by atoms with van der Waals surface area (Å²) in [6.07, 6.45) is 5.23. The van der Waals surface area contributed by atoms with E-state index in [2.05, 4.69) is 10.6 Å². The fraction of sp³-hybridized carbons (Fsp3) is 0.606.